The van der Waals surface area contributed by atoms with Gasteiger partial charge in [0.05, 0.1) is 5.60 Å². The molecule has 1 heterocycles. The van der Waals surface area contributed by atoms with E-state index in [4.69, 9.17) is 9.47 Å². The van der Waals surface area contributed by atoms with E-state index in [-0.39, 0.29) is 18.1 Å². The summed E-state index contributed by atoms with van der Waals surface area (Å²) in [5.74, 6) is 2.97. The summed E-state index contributed by atoms with van der Waals surface area (Å²) < 4.78 is 10.7. The summed E-state index contributed by atoms with van der Waals surface area (Å²) in [4.78, 5) is 12.6. The Hall–Kier alpha value is -1.75. The number of hydrogen-bond acceptors (Lipinski definition) is 4. The highest BCUT2D eigenvalue weighted by atomic mass is 16.7. The SMILES string of the molecule is O=C(CC12CC3CC(CC(O)(C3)C1)C2)NCCc1ccc2c(c1)OCO2. The van der Waals surface area contributed by atoms with Crippen LogP contribution in [0, 0.1) is 17.3 Å². The second-order valence-corrected chi connectivity index (χ2v) is 9.15. The summed E-state index contributed by atoms with van der Waals surface area (Å²) in [7, 11) is 0. The molecule has 0 spiro atoms. The third kappa shape index (κ3) is 2.96. The largest absolute Gasteiger partial charge is 0.454 e. The summed E-state index contributed by atoms with van der Waals surface area (Å²) >= 11 is 0. The summed E-state index contributed by atoms with van der Waals surface area (Å²) in [5.41, 5.74) is 0.692. The van der Waals surface area contributed by atoms with Gasteiger partial charge in [0, 0.05) is 13.0 Å². The molecule has 0 aromatic heterocycles. The van der Waals surface area contributed by atoms with Crippen LogP contribution in [0.5, 0.6) is 11.5 Å². The first kappa shape index (κ1) is 16.4. The lowest BCUT2D eigenvalue weighted by Crippen LogP contribution is -2.56. The molecule has 6 rings (SSSR count). The molecule has 2 atom stereocenters. The van der Waals surface area contributed by atoms with Crippen LogP contribution < -0.4 is 14.8 Å². The molecule has 4 fully saturated rings. The van der Waals surface area contributed by atoms with E-state index in [1.54, 1.807) is 0 Å². The van der Waals surface area contributed by atoms with Crippen LogP contribution in [0.1, 0.15) is 50.5 Å². The monoisotopic (exact) mass is 357 g/mol. The molecule has 1 aliphatic heterocycles. The average Bonchev–Trinajstić information content (AvgIpc) is 2.99. The van der Waals surface area contributed by atoms with Gasteiger partial charge in [0.1, 0.15) is 0 Å². The Kier molecular flexibility index (Phi) is 3.71. The number of hydrogen-bond donors (Lipinski definition) is 2. The van der Waals surface area contributed by atoms with Crippen molar-refractivity contribution in [3.05, 3.63) is 23.8 Å². The van der Waals surface area contributed by atoms with Crippen molar-refractivity contribution in [1.82, 2.24) is 5.32 Å². The maximum absolute atomic E-state index is 12.6. The Labute approximate surface area is 154 Å². The fraction of sp³-hybridized carbons (Fsp3) is 0.667. The van der Waals surface area contributed by atoms with Crippen LogP contribution in [0.25, 0.3) is 0 Å². The van der Waals surface area contributed by atoms with E-state index in [0.29, 0.717) is 24.8 Å². The zero-order chi connectivity index (χ0) is 17.8. The molecule has 2 N–H and O–H groups in total. The van der Waals surface area contributed by atoms with Crippen molar-refractivity contribution >= 4 is 5.91 Å². The first-order valence-corrected chi connectivity index (χ1v) is 9.89. The van der Waals surface area contributed by atoms with E-state index < -0.39 is 5.60 Å². The van der Waals surface area contributed by atoms with Crippen LogP contribution >= 0.6 is 0 Å². The molecular weight excluding hydrogens is 330 g/mol. The summed E-state index contributed by atoms with van der Waals surface area (Å²) in [6.45, 7) is 0.914. The van der Waals surface area contributed by atoms with Gasteiger partial charge < -0.3 is 19.9 Å². The number of rotatable bonds is 5. The lowest BCUT2D eigenvalue weighted by molar-refractivity contribution is -0.169. The molecule has 140 valence electrons. The van der Waals surface area contributed by atoms with E-state index in [9.17, 15) is 9.90 Å². The molecule has 1 aromatic carbocycles. The third-order valence-corrected chi connectivity index (χ3v) is 6.86. The lowest BCUT2D eigenvalue weighted by atomic mass is 9.47. The summed E-state index contributed by atoms with van der Waals surface area (Å²) in [6.07, 6.45) is 7.60. The van der Waals surface area contributed by atoms with Gasteiger partial charge >= 0.3 is 0 Å². The smallest absolute Gasteiger partial charge is 0.231 e. The van der Waals surface area contributed by atoms with Crippen molar-refractivity contribution in [3.63, 3.8) is 0 Å². The Bertz CT molecular complexity index is 717. The number of nitrogens with one attached hydrogen (secondary N) is 1. The highest BCUT2D eigenvalue weighted by Crippen LogP contribution is 2.62. The zero-order valence-electron chi connectivity index (χ0n) is 15.1. The van der Waals surface area contributed by atoms with Gasteiger partial charge in [-0.05, 0) is 79.9 Å². The van der Waals surface area contributed by atoms with Gasteiger partial charge in [0.15, 0.2) is 11.5 Å². The predicted octanol–water partition coefficient (Wildman–Crippen LogP) is 2.80. The molecule has 2 unspecified atom stereocenters. The van der Waals surface area contributed by atoms with Crippen LogP contribution in [0.15, 0.2) is 18.2 Å². The number of carbonyl (C=O) groups is 1. The molecule has 4 aliphatic carbocycles. The maximum atomic E-state index is 12.6. The minimum absolute atomic E-state index is 0.0433. The van der Waals surface area contributed by atoms with E-state index in [1.165, 1.54) is 6.42 Å². The first-order valence-electron chi connectivity index (χ1n) is 9.89. The quantitative estimate of drug-likeness (QED) is 0.850. The van der Waals surface area contributed by atoms with Crippen molar-refractivity contribution in [2.45, 2.75) is 57.0 Å². The molecule has 4 saturated carbocycles. The predicted molar refractivity (Wildman–Crippen MR) is 96.0 cm³/mol. The summed E-state index contributed by atoms with van der Waals surface area (Å²) in [5, 5.41) is 13.9. The second kappa shape index (κ2) is 5.88. The number of amides is 1. The van der Waals surface area contributed by atoms with Crippen LogP contribution in [-0.4, -0.2) is 30.0 Å². The zero-order valence-corrected chi connectivity index (χ0v) is 15.1. The minimum Gasteiger partial charge on any atom is -0.454 e. The fourth-order valence-electron chi connectivity index (χ4n) is 6.45. The number of aliphatic hydroxyl groups is 1. The van der Waals surface area contributed by atoms with E-state index in [0.717, 1.165) is 55.6 Å². The van der Waals surface area contributed by atoms with Crippen LogP contribution in [0.3, 0.4) is 0 Å². The van der Waals surface area contributed by atoms with Gasteiger partial charge in [-0.1, -0.05) is 6.07 Å². The molecule has 1 aromatic rings. The Morgan fingerprint density at radius 2 is 1.92 bits per heavy atom. The summed E-state index contributed by atoms with van der Waals surface area (Å²) in [6, 6.07) is 5.94. The van der Waals surface area contributed by atoms with Gasteiger partial charge in [-0.2, -0.15) is 0 Å². The van der Waals surface area contributed by atoms with Crippen molar-refractivity contribution < 1.29 is 19.4 Å². The van der Waals surface area contributed by atoms with Crippen molar-refractivity contribution in [2.75, 3.05) is 13.3 Å². The van der Waals surface area contributed by atoms with Gasteiger partial charge in [-0.25, -0.2) is 0 Å². The topological polar surface area (TPSA) is 67.8 Å². The van der Waals surface area contributed by atoms with Crippen LogP contribution in [-0.2, 0) is 11.2 Å². The Balaban J connectivity index is 1.16. The molecule has 4 bridgehead atoms. The molecule has 5 nitrogen and oxygen atoms in total. The van der Waals surface area contributed by atoms with Gasteiger partial charge in [0.2, 0.25) is 12.7 Å². The van der Waals surface area contributed by atoms with E-state index in [1.807, 2.05) is 18.2 Å². The highest BCUT2D eigenvalue weighted by Gasteiger charge is 2.57. The lowest BCUT2D eigenvalue weighted by Gasteiger charge is -2.60. The van der Waals surface area contributed by atoms with Gasteiger partial charge in [-0.3, -0.25) is 4.79 Å². The molecule has 5 aliphatic rings. The molecular formula is C21H27NO4. The molecule has 0 radical (unpaired) electrons. The Morgan fingerprint density at radius 3 is 2.69 bits per heavy atom. The molecule has 1 amide bonds. The van der Waals surface area contributed by atoms with Gasteiger partial charge in [-0.15, -0.1) is 0 Å². The number of fused-ring (bicyclic) bond motifs is 1. The normalized spacial score (nSPS) is 36.3. The highest BCUT2D eigenvalue weighted by molar-refractivity contribution is 5.76. The fourth-order valence-corrected chi connectivity index (χ4v) is 6.45. The van der Waals surface area contributed by atoms with E-state index in [2.05, 4.69) is 5.32 Å². The minimum atomic E-state index is -0.489. The number of ether oxygens (including phenoxy) is 2. The first-order chi connectivity index (χ1) is 12.5. The van der Waals surface area contributed by atoms with Crippen LogP contribution in [0.4, 0.5) is 0 Å². The maximum Gasteiger partial charge on any atom is 0.231 e. The van der Waals surface area contributed by atoms with Crippen molar-refractivity contribution in [3.8, 4) is 11.5 Å². The molecule has 0 saturated heterocycles. The van der Waals surface area contributed by atoms with Crippen LogP contribution in [0.2, 0.25) is 0 Å². The number of benzene rings is 1. The Morgan fingerprint density at radius 1 is 1.15 bits per heavy atom. The molecule has 5 heteroatoms. The average molecular weight is 357 g/mol. The van der Waals surface area contributed by atoms with Crippen molar-refractivity contribution in [1.29, 1.82) is 0 Å². The third-order valence-electron chi connectivity index (χ3n) is 6.86. The second-order valence-electron chi connectivity index (χ2n) is 9.15. The number of carbonyl (C=O) groups excluding carboxylic acids is 1. The van der Waals surface area contributed by atoms with Gasteiger partial charge in [0.25, 0.3) is 0 Å². The van der Waals surface area contributed by atoms with E-state index >= 15 is 0 Å². The standard InChI is InChI=1S/C21H27NO4/c23-19(22-4-3-14-1-2-17-18(6-14)26-13-25-17)11-20-7-15-5-16(8-20)10-21(24,9-15)12-20/h1-2,6,15-16,24H,3-5,7-13H2,(H,22,23). The van der Waals surface area contributed by atoms with Crippen molar-refractivity contribution in [2.24, 2.45) is 17.3 Å². The molecule has 26 heavy (non-hydrogen) atoms.